The second-order valence-electron chi connectivity index (χ2n) is 5.00. The van der Waals surface area contributed by atoms with E-state index in [0.717, 1.165) is 12.1 Å². The fourth-order valence-corrected chi connectivity index (χ4v) is 3.34. The fraction of sp³-hybridized carbons (Fsp3) is 1.00. The van der Waals surface area contributed by atoms with E-state index in [2.05, 4.69) is 11.8 Å². The standard InChI is InChI=1S/C12H24N2/c1-2-14(11-5-3-4-6-11)12-8-7-10(13)9-12/h10-12H,2-9,13H2,1H3. The van der Waals surface area contributed by atoms with E-state index in [0.29, 0.717) is 6.04 Å². The van der Waals surface area contributed by atoms with E-state index in [4.69, 9.17) is 5.73 Å². The number of nitrogens with two attached hydrogens (primary N) is 1. The highest BCUT2D eigenvalue weighted by molar-refractivity contribution is 4.89. The zero-order valence-corrected chi connectivity index (χ0v) is 9.41. The van der Waals surface area contributed by atoms with E-state index in [1.807, 2.05) is 0 Å². The maximum absolute atomic E-state index is 5.99. The fourth-order valence-electron chi connectivity index (χ4n) is 3.34. The van der Waals surface area contributed by atoms with Crippen LogP contribution in [0.15, 0.2) is 0 Å². The molecule has 0 bridgehead atoms. The molecule has 2 saturated carbocycles. The predicted octanol–water partition coefficient (Wildman–Crippen LogP) is 2.13. The van der Waals surface area contributed by atoms with E-state index in [1.165, 1.54) is 51.5 Å². The van der Waals surface area contributed by atoms with Crippen LogP contribution in [0.5, 0.6) is 0 Å². The summed E-state index contributed by atoms with van der Waals surface area (Å²) in [5, 5.41) is 0. The third-order valence-electron chi connectivity index (χ3n) is 4.07. The van der Waals surface area contributed by atoms with Gasteiger partial charge < -0.3 is 5.73 Å². The van der Waals surface area contributed by atoms with Gasteiger partial charge >= 0.3 is 0 Å². The van der Waals surface area contributed by atoms with Crippen molar-refractivity contribution >= 4 is 0 Å². The first-order chi connectivity index (χ1) is 6.81. The molecule has 2 heteroatoms. The van der Waals surface area contributed by atoms with Gasteiger partial charge in [-0.15, -0.1) is 0 Å². The van der Waals surface area contributed by atoms with Crippen molar-refractivity contribution in [2.45, 2.75) is 70.0 Å². The molecular weight excluding hydrogens is 172 g/mol. The Hall–Kier alpha value is -0.0800. The van der Waals surface area contributed by atoms with Crippen molar-refractivity contribution < 1.29 is 0 Å². The van der Waals surface area contributed by atoms with Crippen LogP contribution in [0.25, 0.3) is 0 Å². The minimum absolute atomic E-state index is 0.482. The number of hydrogen-bond donors (Lipinski definition) is 1. The van der Waals surface area contributed by atoms with Crippen LogP contribution in [-0.2, 0) is 0 Å². The Morgan fingerprint density at radius 3 is 2.29 bits per heavy atom. The third-order valence-corrected chi connectivity index (χ3v) is 4.07. The van der Waals surface area contributed by atoms with Gasteiger partial charge in [0.05, 0.1) is 0 Å². The van der Waals surface area contributed by atoms with Gasteiger partial charge in [0.1, 0.15) is 0 Å². The molecule has 0 aromatic heterocycles. The molecule has 0 radical (unpaired) electrons. The lowest BCUT2D eigenvalue weighted by atomic mass is 10.1. The topological polar surface area (TPSA) is 29.3 Å². The van der Waals surface area contributed by atoms with Gasteiger partial charge in [-0.05, 0) is 38.6 Å². The monoisotopic (exact) mass is 196 g/mol. The van der Waals surface area contributed by atoms with Gasteiger partial charge in [-0.25, -0.2) is 0 Å². The van der Waals surface area contributed by atoms with Crippen molar-refractivity contribution in [2.75, 3.05) is 6.54 Å². The Balaban J connectivity index is 1.91. The molecule has 2 fully saturated rings. The lowest BCUT2D eigenvalue weighted by Crippen LogP contribution is -2.41. The molecule has 2 nitrogen and oxygen atoms in total. The van der Waals surface area contributed by atoms with Gasteiger partial charge in [-0.3, -0.25) is 4.90 Å². The van der Waals surface area contributed by atoms with Crippen LogP contribution in [0.2, 0.25) is 0 Å². The maximum atomic E-state index is 5.99. The molecule has 0 aromatic carbocycles. The molecule has 2 aliphatic carbocycles. The summed E-state index contributed by atoms with van der Waals surface area (Å²) in [6.07, 6.45) is 9.57. The summed E-state index contributed by atoms with van der Waals surface area (Å²) in [7, 11) is 0. The van der Waals surface area contributed by atoms with Gasteiger partial charge in [0.2, 0.25) is 0 Å². The summed E-state index contributed by atoms with van der Waals surface area (Å²) in [4.78, 5) is 2.74. The van der Waals surface area contributed by atoms with Crippen molar-refractivity contribution in [2.24, 2.45) is 5.73 Å². The van der Waals surface area contributed by atoms with E-state index in [-0.39, 0.29) is 0 Å². The Morgan fingerprint density at radius 2 is 1.79 bits per heavy atom. The van der Waals surface area contributed by atoms with Crippen molar-refractivity contribution in [3.63, 3.8) is 0 Å². The average Bonchev–Trinajstić information content (AvgIpc) is 2.79. The third kappa shape index (κ3) is 2.12. The van der Waals surface area contributed by atoms with E-state index in [1.54, 1.807) is 0 Å². The van der Waals surface area contributed by atoms with E-state index >= 15 is 0 Å². The smallest absolute Gasteiger partial charge is 0.0113 e. The Morgan fingerprint density at radius 1 is 1.07 bits per heavy atom. The first-order valence-electron chi connectivity index (χ1n) is 6.32. The summed E-state index contributed by atoms with van der Waals surface area (Å²) in [6.45, 7) is 3.53. The van der Waals surface area contributed by atoms with Gasteiger partial charge in [0, 0.05) is 18.1 Å². The second-order valence-corrected chi connectivity index (χ2v) is 5.00. The van der Waals surface area contributed by atoms with Crippen LogP contribution in [0.4, 0.5) is 0 Å². The molecule has 0 spiro atoms. The van der Waals surface area contributed by atoms with Crippen molar-refractivity contribution in [3.05, 3.63) is 0 Å². The molecular formula is C12H24N2. The number of nitrogens with zero attached hydrogens (tertiary/aromatic N) is 1. The first kappa shape index (κ1) is 10.4. The van der Waals surface area contributed by atoms with Crippen LogP contribution >= 0.6 is 0 Å². The molecule has 2 rings (SSSR count). The lowest BCUT2D eigenvalue weighted by molar-refractivity contribution is 0.144. The normalized spacial score (nSPS) is 34.5. The summed E-state index contributed by atoms with van der Waals surface area (Å²) in [5.41, 5.74) is 5.99. The predicted molar refractivity (Wildman–Crippen MR) is 60.3 cm³/mol. The highest BCUT2D eigenvalue weighted by atomic mass is 15.2. The molecule has 0 heterocycles. The second kappa shape index (κ2) is 4.63. The molecule has 2 atom stereocenters. The molecule has 82 valence electrons. The van der Waals surface area contributed by atoms with Gasteiger partial charge in [-0.2, -0.15) is 0 Å². The van der Waals surface area contributed by atoms with Crippen LogP contribution in [-0.4, -0.2) is 29.6 Å². The molecule has 0 amide bonds. The Kier molecular flexibility index (Phi) is 3.45. The van der Waals surface area contributed by atoms with Crippen molar-refractivity contribution in [3.8, 4) is 0 Å². The summed E-state index contributed by atoms with van der Waals surface area (Å²) in [6, 6.07) is 2.17. The maximum Gasteiger partial charge on any atom is 0.0113 e. The van der Waals surface area contributed by atoms with Crippen LogP contribution in [0.3, 0.4) is 0 Å². The van der Waals surface area contributed by atoms with Gasteiger partial charge in [0.25, 0.3) is 0 Å². The first-order valence-corrected chi connectivity index (χ1v) is 6.32. The Bertz CT molecular complexity index is 175. The average molecular weight is 196 g/mol. The highest BCUT2D eigenvalue weighted by Crippen LogP contribution is 2.30. The van der Waals surface area contributed by atoms with Crippen LogP contribution in [0, 0.1) is 0 Å². The lowest BCUT2D eigenvalue weighted by Gasteiger charge is -2.33. The quantitative estimate of drug-likeness (QED) is 0.749. The van der Waals surface area contributed by atoms with Crippen LogP contribution < -0.4 is 5.73 Å². The highest BCUT2D eigenvalue weighted by Gasteiger charge is 2.31. The van der Waals surface area contributed by atoms with E-state index in [9.17, 15) is 0 Å². The zero-order chi connectivity index (χ0) is 9.97. The molecule has 2 aliphatic rings. The van der Waals surface area contributed by atoms with Gasteiger partial charge in [-0.1, -0.05) is 19.8 Å². The van der Waals surface area contributed by atoms with E-state index < -0.39 is 0 Å². The minimum atomic E-state index is 0.482. The molecule has 14 heavy (non-hydrogen) atoms. The molecule has 2 unspecified atom stereocenters. The molecule has 0 aromatic rings. The zero-order valence-electron chi connectivity index (χ0n) is 9.41. The van der Waals surface area contributed by atoms with Crippen molar-refractivity contribution in [1.82, 2.24) is 4.90 Å². The SMILES string of the molecule is CCN(C1CCCC1)C1CCC(N)C1. The number of rotatable bonds is 3. The van der Waals surface area contributed by atoms with Crippen LogP contribution in [0.1, 0.15) is 51.9 Å². The summed E-state index contributed by atoms with van der Waals surface area (Å²) < 4.78 is 0. The summed E-state index contributed by atoms with van der Waals surface area (Å²) >= 11 is 0. The molecule has 0 aliphatic heterocycles. The Labute approximate surface area is 87.8 Å². The molecule has 0 saturated heterocycles. The number of hydrogen-bond acceptors (Lipinski definition) is 2. The summed E-state index contributed by atoms with van der Waals surface area (Å²) in [5.74, 6) is 0. The molecule has 2 N–H and O–H groups in total. The van der Waals surface area contributed by atoms with Crippen molar-refractivity contribution in [1.29, 1.82) is 0 Å². The minimum Gasteiger partial charge on any atom is -0.328 e. The largest absolute Gasteiger partial charge is 0.328 e. The van der Waals surface area contributed by atoms with Gasteiger partial charge in [0.15, 0.2) is 0 Å².